The average molecular weight is 309 g/mol. The van der Waals surface area contributed by atoms with E-state index in [0.717, 1.165) is 35.7 Å². The summed E-state index contributed by atoms with van der Waals surface area (Å²) < 4.78 is 0. The maximum atomic E-state index is 12.5. The van der Waals surface area contributed by atoms with Crippen molar-refractivity contribution in [1.29, 1.82) is 0 Å². The summed E-state index contributed by atoms with van der Waals surface area (Å²) in [5.74, 6) is 1.63. The highest BCUT2D eigenvalue weighted by Crippen LogP contribution is 2.40. The maximum Gasteiger partial charge on any atom is 0.271 e. The fourth-order valence-corrected chi connectivity index (χ4v) is 4.33. The Morgan fingerprint density at radius 2 is 1.78 bits per heavy atom. The number of carbonyl (C=O) groups is 1. The number of aromatic nitrogens is 2. The number of nitrogens with one attached hydrogen (secondary N) is 1. The predicted molar refractivity (Wildman–Crippen MR) is 90.1 cm³/mol. The quantitative estimate of drug-likeness (QED) is 0.920. The van der Waals surface area contributed by atoms with Crippen LogP contribution in [0.3, 0.4) is 0 Å². The molecule has 1 N–H and O–H groups in total. The molecule has 2 aliphatic carbocycles. The van der Waals surface area contributed by atoms with Crippen molar-refractivity contribution in [2.45, 2.75) is 51.0 Å². The lowest BCUT2D eigenvalue weighted by molar-refractivity contribution is 0.0874. The minimum absolute atomic E-state index is 0.0810. The van der Waals surface area contributed by atoms with Gasteiger partial charge in [-0.05, 0) is 43.2 Å². The summed E-state index contributed by atoms with van der Waals surface area (Å²) in [6.07, 6.45) is 10.6. The largest absolute Gasteiger partial charge is 0.348 e. The molecule has 4 rings (SSSR count). The van der Waals surface area contributed by atoms with E-state index in [1.807, 2.05) is 24.3 Å². The van der Waals surface area contributed by atoms with Crippen LogP contribution in [-0.2, 0) is 0 Å². The molecule has 0 bridgehead atoms. The first-order valence-electron chi connectivity index (χ1n) is 8.82. The van der Waals surface area contributed by atoms with Crippen molar-refractivity contribution in [1.82, 2.24) is 15.3 Å². The highest BCUT2D eigenvalue weighted by molar-refractivity contribution is 5.93. The Labute approximate surface area is 136 Å². The summed E-state index contributed by atoms with van der Waals surface area (Å²) in [5.41, 5.74) is 2.03. The van der Waals surface area contributed by atoms with Gasteiger partial charge in [-0.3, -0.25) is 9.78 Å². The summed E-state index contributed by atoms with van der Waals surface area (Å²) in [6.45, 7) is 0. The molecule has 2 aliphatic rings. The van der Waals surface area contributed by atoms with Crippen molar-refractivity contribution >= 4 is 16.9 Å². The summed E-state index contributed by atoms with van der Waals surface area (Å²) in [7, 11) is 0. The molecule has 1 aromatic heterocycles. The third-order valence-corrected chi connectivity index (χ3v) is 5.56. The van der Waals surface area contributed by atoms with E-state index < -0.39 is 0 Å². The summed E-state index contributed by atoms with van der Waals surface area (Å²) in [6, 6.07) is 7.96. The van der Waals surface area contributed by atoms with Crippen LogP contribution in [0.1, 0.15) is 55.4 Å². The minimum atomic E-state index is -0.0810. The lowest BCUT2D eigenvalue weighted by Crippen LogP contribution is -2.41. The summed E-state index contributed by atoms with van der Waals surface area (Å²) in [5, 5.41) is 3.19. The van der Waals surface area contributed by atoms with Gasteiger partial charge in [0.2, 0.25) is 0 Å². The van der Waals surface area contributed by atoms with E-state index in [2.05, 4.69) is 15.3 Å². The second kappa shape index (κ2) is 6.26. The molecule has 0 unspecified atom stereocenters. The Balaban J connectivity index is 1.44. The highest BCUT2D eigenvalue weighted by atomic mass is 16.1. The minimum Gasteiger partial charge on any atom is -0.348 e. The van der Waals surface area contributed by atoms with Crippen molar-refractivity contribution in [3.8, 4) is 0 Å². The highest BCUT2D eigenvalue weighted by Gasteiger charge is 2.32. The average Bonchev–Trinajstić information content (AvgIpc) is 2.61. The molecule has 4 nitrogen and oxygen atoms in total. The molecular formula is C19H23N3O. The molecule has 1 amide bonds. The number of rotatable bonds is 2. The number of benzene rings is 1. The zero-order valence-corrected chi connectivity index (χ0v) is 13.4. The van der Waals surface area contributed by atoms with Crippen LogP contribution in [0.15, 0.2) is 30.5 Å². The first-order valence-corrected chi connectivity index (χ1v) is 8.82. The molecule has 120 valence electrons. The Morgan fingerprint density at radius 3 is 2.65 bits per heavy atom. The van der Waals surface area contributed by atoms with Gasteiger partial charge in [0, 0.05) is 6.04 Å². The van der Waals surface area contributed by atoms with Crippen LogP contribution in [0.4, 0.5) is 0 Å². The molecule has 1 aromatic carbocycles. The second-order valence-electron chi connectivity index (χ2n) is 7.03. The van der Waals surface area contributed by atoms with Gasteiger partial charge in [-0.2, -0.15) is 0 Å². The Hall–Kier alpha value is -1.97. The number of carbonyl (C=O) groups excluding carboxylic acids is 1. The molecular weight excluding hydrogens is 286 g/mol. The van der Waals surface area contributed by atoms with Crippen molar-refractivity contribution in [2.75, 3.05) is 0 Å². The Kier molecular flexibility index (Phi) is 3.98. The first kappa shape index (κ1) is 14.6. The summed E-state index contributed by atoms with van der Waals surface area (Å²) >= 11 is 0. The molecule has 2 fully saturated rings. The van der Waals surface area contributed by atoms with Gasteiger partial charge in [0.15, 0.2) is 0 Å². The zero-order valence-electron chi connectivity index (χ0n) is 13.4. The maximum absolute atomic E-state index is 12.5. The van der Waals surface area contributed by atoms with Gasteiger partial charge in [0.05, 0.1) is 17.2 Å². The monoisotopic (exact) mass is 309 g/mol. The number of para-hydroxylation sites is 2. The normalized spacial score (nSPS) is 27.4. The van der Waals surface area contributed by atoms with Crippen molar-refractivity contribution in [2.24, 2.45) is 11.8 Å². The van der Waals surface area contributed by atoms with Gasteiger partial charge < -0.3 is 5.32 Å². The topological polar surface area (TPSA) is 54.9 Å². The lowest BCUT2D eigenvalue weighted by Gasteiger charge is -2.39. The molecule has 1 heterocycles. The van der Waals surface area contributed by atoms with Crippen LogP contribution in [0.2, 0.25) is 0 Å². The molecule has 0 radical (unpaired) electrons. The third-order valence-electron chi connectivity index (χ3n) is 5.56. The van der Waals surface area contributed by atoms with E-state index >= 15 is 0 Å². The standard InChI is InChI=1S/C19H23N3O/c23-19(18-12-20-16-7-3-4-8-17(16)22-18)21-15-10-9-13-5-1-2-6-14(13)11-15/h3-4,7-8,12-15H,1-2,5-6,9-11H2,(H,21,23)/t13-,14-,15+/m0/s1. The predicted octanol–water partition coefficient (Wildman–Crippen LogP) is 3.72. The fourth-order valence-electron chi connectivity index (χ4n) is 4.33. The van der Waals surface area contributed by atoms with Crippen molar-refractivity contribution < 1.29 is 4.79 Å². The smallest absolute Gasteiger partial charge is 0.271 e. The lowest BCUT2D eigenvalue weighted by atomic mass is 9.69. The number of fused-ring (bicyclic) bond motifs is 2. The SMILES string of the molecule is O=C(N[C@@H]1CC[C@@H]2CCCC[C@H]2C1)c1cnc2ccccc2n1. The Bertz CT molecular complexity index is 715. The molecule has 0 aliphatic heterocycles. The molecule has 23 heavy (non-hydrogen) atoms. The van der Waals surface area contributed by atoms with Gasteiger partial charge >= 0.3 is 0 Å². The van der Waals surface area contributed by atoms with E-state index in [1.165, 1.54) is 32.1 Å². The van der Waals surface area contributed by atoms with Crippen LogP contribution in [-0.4, -0.2) is 21.9 Å². The fraction of sp³-hybridized carbons (Fsp3) is 0.526. The number of hydrogen-bond donors (Lipinski definition) is 1. The molecule has 2 aromatic rings. The number of amides is 1. The van der Waals surface area contributed by atoms with Gasteiger partial charge in [0.25, 0.3) is 5.91 Å². The number of nitrogens with zero attached hydrogens (tertiary/aromatic N) is 2. The second-order valence-corrected chi connectivity index (χ2v) is 7.03. The molecule has 0 spiro atoms. The van der Waals surface area contributed by atoms with E-state index in [-0.39, 0.29) is 5.91 Å². The van der Waals surface area contributed by atoms with Gasteiger partial charge in [0.1, 0.15) is 5.69 Å². The van der Waals surface area contributed by atoms with Crippen LogP contribution < -0.4 is 5.32 Å². The van der Waals surface area contributed by atoms with Crippen LogP contribution in [0, 0.1) is 11.8 Å². The van der Waals surface area contributed by atoms with Crippen molar-refractivity contribution in [3.05, 3.63) is 36.2 Å². The zero-order chi connectivity index (χ0) is 15.6. The van der Waals surface area contributed by atoms with E-state index in [1.54, 1.807) is 6.20 Å². The van der Waals surface area contributed by atoms with Gasteiger partial charge in [-0.15, -0.1) is 0 Å². The third kappa shape index (κ3) is 3.07. The number of hydrogen-bond acceptors (Lipinski definition) is 3. The van der Waals surface area contributed by atoms with Crippen LogP contribution in [0.5, 0.6) is 0 Å². The molecule has 2 saturated carbocycles. The summed E-state index contributed by atoms with van der Waals surface area (Å²) in [4.78, 5) is 21.3. The van der Waals surface area contributed by atoms with Gasteiger partial charge in [-0.25, -0.2) is 4.98 Å². The van der Waals surface area contributed by atoms with E-state index in [9.17, 15) is 4.79 Å². The van der Waals surface area contributed by atoms with Crippen LogP contribution >= 0.6 is 0 Å². The molecule has 0 saturated heterocycles. The molecule has 3 atom stereocenters. The Morgan fingerprint density at radius 1 is 1.00 bits per heavy atom. The van der Waals surface area contributed by atoms with E-state index in [4.69, 9.17) is 0 Å². The van der Waals surface area contributed by atoms with Crippen LogP contribution in [0.25, 0.3) is 11.0 Å². The van der Waals surface area contributed by atoms with Gasteiger partial charge in [-0.1, -0.05) is 37.8 Å². The van der Waals surface area contributed by atoms with Crippen molar-refractivity contribution in [3.63, 3.8) is 0 Å². The van der Waals surface area contributed by atoms with E-state index in [0.29, 0.717) is 11.7 Å². The first-order chi connectivity index (χ1) is 11.3. The molecule has 4 heteroatoms.